The van der Waals surface area contributed by atoms with Crippen LogP contribution in [0, 0.1) is 6.57 Å². The lowest BCUT2D eigenvalue weighted by atomic mass is 9.96. The SMILES string of the molecule is [C-]#[N+][C@@H]1CN(Cc2ccccc2)CC1c1cccn(C)c1=O. The lowest BCUT2D eigenvalue weighted by molar-refractivity contribution is 0.325. The van der Waals surface area contributed by atoms with Gasteiger partial charge in [0.05, 0.1) is 12.5 Å². The molecule has 0 bridgehead atoms. The van der Waals surface area contributed by atoms with Crippen LogP contribution in [0.3, 0.4) is 0 Å². The molecule has 0 amide bonds. The second-order valence-corrected chi connectivity index (χ2v) is 5.86. The summed E-state index contributed by atoms with van der Waals surface area (Å²) in [5, 5.41) is 0. The molecule has 4 nitrogen and oxygen atoms in total. The highest BCUT2D eigenvalue weighted by molar-refractivity contribution is 5.24. The highest BCUT2D eigenvalue weighted by Crippen LogP contribution is 2.29. The van der Waals surface area contributed by atoms with Gasteiger partial charge in [0.2, 0.25) is 6.04 Å². The Balaban J connectivity index is 1.82. The molecule has 1 saturated heterocycles. The van der Waals surface area contributed by atoms with Crippen molar-refractivity contribution in [3.8, 4) is 0 Å². The standard InChI is InChI=1S/C18H19N3O/c1-19-17-13-21(11-14-7-4-3-5-8-14)12-16(17)15-9-6-10-20(2)18(15)22/h3-10,16-17H,11-13H2,2H3/t16?,17-/m1/s1. The summed E-state index contributed by atoms with van der Waals surface area (Å²) < 4.78 is 1.59. The first kappa shape index (κ1) is 14.6. The first-order chi connectivity index (χ1) is 10.7. The monoisotopic (exact) mass is 293 g/mol. The minimum atomic E-state index is -0.140. The van der Waals surface area contributed by atoms with Crippen LogP contribution in [0.25, 0.3) is 4.85 Å². The van der Waals surface area contributed by atoms with Crippen molar-refractivity contribution in [1.82, 2.24) is 9.47 Å². The van der Waals surface area contributed by atoms with Crippen molar-refractivity contribution in [2.75, 3.05) is 13.1 Å². The lowest BCUT2D eigenvalue weighted by Crippen LogP contribution is -2.26. The largest absolute Gasteiger partial charge is 0.318 e. The minimum Gasteiger partial charge on any atom is -0.318 e. The van der Waals surface area contributed by atoms with Gasteiger partial charge >= 0.3 is 0 Å². The van der Waals surface area contributed by atoms with Gasteiger partial charge in [-0.3, -0.25) is 9.69 Å². The highest BCUT2D eigenvalue weighted by Gasteiger charge is 2.39. The number of aromatic nitrogens is 1. The van der Waals surface area contributed by atoms with Gasteiger partial charge in [-0.1, -0.05) is 36.4 Å². The van der Waals surface area contributed by atoms with E-state index in [9.17, 15) is 4.79 Å². The van der Waals surface area contributed by atoms with Gasteiger partial charge in [-0.05, 0) is 11.6 Å². The number of benzene rings is 1. The molecular weight excluding hydrogens is 274 g/mol. The zero-order chi connectivity index (χ0) is 15.5. The Hall–Kier alpha value is -2.38. The maximum absolute atomic E-state index is 12.3. The Morgan fingerprint density at radius 2 is 1.95 bits per heavy atom. The normalized spacial score (nSPS) is 21.6. The fraction of sp³-hybridized carbons (Fsp3) is 0.333. The molecule has 0 radical (unpaired) electrons. The van der Waals surface area contributed by atoms with Crippen molar-refractivity contribution in [3.63, 3.8) is 0 Å². The molecular formula is C18H19N3O. The van der Waals surface area contributed by atoms with Crippen LogP contribution in [0.2, 0.25) is 0 Å². The summed E-state index contributed by atoms with van der Waals surface area (Å²) in [5.41, 5.74) is 2.03. The molecule has 2 heterocycles. The lowest BCUT2D eigenvalue weighted by Gasteiger charge is -2.14. The van der Waals surface area contributed by atoms with Crippen LogP contribution in [-0.2, 0) is 13.6 Å². The van der Waals surface area contributed by atoms with Gasteiger partial charge in [-0.15, -0.1) is 0 Å². The van der Waals surface area contributed by atoms with Crippen LogP contribution >= 0.6 is 0 Å². The maximum Gasteiger partial charge on any atom is 0.254 e. The summed E-state index contributed by atoms with van der Waals surface area (Å²) in [4.78, 5) is 18.4. The molecule has 3 rings (SSSR count). The third-order valence-electron chi connectivity index (χ3n) is 4.33. The van der Waals surface area contributed by atoms with Crippen LogP contribution in [0.4, 0.5) is 0 Å². The molecule has 1 aliphatic heterocycles. The van der Waals surface area contributed by atoms with Crippen molar-refractivity contribution >= 4 is 0 Å². The molecule has 1 aromatic heterocycles. The third kappa shape index (κ3) is 2.81. The molecule has 4 heteroatoms. The Labute approximate surface area is 130 Å². The quantitative estimate of drug-likeness (QED) is 0.813. The van der Waals surface area contributed by atoms with E-state index in [4.69, 9.17) is 6.57 Å². The van der Waals surface area contributed by atoms with Crippen LogP contribution < -0.4 is 5.56 Å². The molecule has 0 aliphatic carbocycles. The van der Waals surface area contributed by atoms with E-state index < -0.39 is 0 Å². The van der Waals surface area contributed by atoms with Gasteiger partial charge in [0.1, 0.15) is 0 Å². The first-order valence-corrected chi connectivity index (χ1v) is 7.47. The number of pyridine rings is 1. The number of aryl methyl sites for hydroxylation is 1. The summed E-state index contributed by atoms with van der Waals surface area (Å²) in [6, 6.07) is 13.9. The molecule has 2 aromatic rings. The summed E-state index contributed by atoms with van der Waals surface area (Å²) in [6.45, 7) is 9.78. The van der Waals surface area contributed by atoms with Gasteiger partial charge in [0.25, 0.3) is 5.56 Å². The van der Waals surface area contributed by atoms with Crippen molar-refractivity contribution in [3.05, 3.63) is 81.6 Å². The second kappa shape index (κ2) is 6.17. The average molecular weight is 293 g/mol. The maximum atomic E-state index is 12.3. The number of hydrogen-bond acceptors (Lipinski definition) is 2. The molecule has 22 heavy (non-hydrogen) atoms. The molecule has 2 atom stereocenters. The Kier molecular flexibility index (Phi) is 4.08. The number of nitrogens with zero attached hydrogens (tertiary/aromatic N) is 3. The summed E-state index contributed by atoms with van der Waals surface area (Å²) >= 11 is 0. The molecule has 1 fully saturated rings. The van der Waals surface area contributed by atoms with E-state index >= 15 is 0 Å². The van der Waals surface area contributed by atoms with Gasteiger partial charge in [0, 0.05) is 31.9 Å². The molecule has 0 N–H and O–H groups in total. The summed E-state index contributed by atoms with van der Waals surface area (Å²) in [5.74, 6) is 0.00103. The van der Waals surface area contributed by atoms with Crippen LogP contribution in [-0.4, -0.2) is 28.6 Å². The topological polar surface area (TPSA) is 29.6 Å². The highest BCUT2D eigenvalue weighted by atomic mass is 16.1. The number of likely N-dealkylation sites (tertiary alicyclic amines) is 1. The van der Waals surface area contributed by atoms with Crippen molar-refractivity contribution < 1.29 is 0 Å². The van der Waals surface area contributed by atoms with E-state index in [2.05, 4.69) is 21.9 Å². The molecule has 1 aliphatic rings. The van der Waals surface area contributed by atoms with Crippen molar-refractivity contribution in [1.29, 1.82) is 0 Å². The smallest absolute Gasteiger partial charge is 0.254 e. The Bertz CT molecular complexity index is 745. The summed E-state index contributed by atoms with van der Waals surface area (Å²) in [7, 11) is 1.76. The van der Waals surface area contributed by atoms with Crippen LogP contribution in [0.5, 0.6) is 0 Å². The first-order valence-electron chi connectivity index (χ1n) is 7.47. The van der Waals surface area contributed by atoms with Crippen LogP contribution in [0.1, 0.15) is 17.0 Å². The van der Waals surface area contributed by atoms with E-state index in [0.717, 1.165) is 25.2 Å². The molecule has 0 spiro atoms. The zero-order valence-electron chi connectivity index (χ0n) is 12.6. The Morgan fingerprint density at radius 1 is 1.18 bits per heavy atom. The fourth-order valence-electron chi connectivity index (χ4n) is 3.17. The second-order valence-electron chi connectivity index (χ2n) is 5.86. The van der Waals surface area contributed by atoms with E-state index in [1.54, 1.807) is 17.8 Å². The predicted molar refractivity (Wildman–Crippen MR) is 86.5 cm³/mol. The van der Waals surface area contributed by atoms with Crippen molar-refractivity contribution in [2.24, 2.45) is 7.05 Å². The number of hydrogen-bond donors (Lipinski definition) is 0. The fourth-order valence-corrected chi connectivity index (χ4v) is 3.17. The molecule has 0 saturated carbocycles. The number of rotatable bonds is 3. The summed E-state index contributed by atoms with van der Waals surface area (Å²) in [6.07, 6.45) is 1.76. The third-order valence-corrected chi connectivity index (χ3v) is 4.33. The van der Waals surface area contributed by atoms with Gasteiger partial charge < -0.3 is 9.41 Å². The minimum absolute atomic E-state index is 0.00103. The van der Waals surface area contributed by atoms with E-state index in [0.29, 0.717) is 0 Å². The van der Waals surface area contributed by atoms with Gasteiger partial charge in [-0.25, -0.2) is 6.57 Å². The van der Waals surface area contributed by atoms with Crippen LogP contribution in [0.15, 0.2) is 53.5 Å². The van der Waals surface area contributed by atoms with E-state index in [1.807, 2.05) is 30.3 Å². The van der Waals surface area contributed by atoms with Crippen molar-refractivity contribution in [2.45, 2.75) is 18.5 Å². The zero-order valence-corrected chi connectivity index (χ0v) is 12.6. The van der Waals surface area contributed by atoms with Gasteiger partial charge in [-0.2, -0.15) is 0 Å². The Morgan fingerprint density at radius 3 is 2.68 bits per heavy atom. The average Bonchev–Trinajstić information content (AvgIpc) is 2.93. The molecule has 1 aromatic carbocycles. The van der Waals surface area contributed by atoms with E-state index in [-0.39, 0.29) is 17.5 Å². The van der Waals surface area contributed by atoms with Gasteiger partial charge in [0.15, 0.2) is 0 Å². The molecule has 1 unspecified atom stereocenters. The predicted octanol–water partition coefficient (Wildman–Crippen LogP) is 2.27. The molecule has 112 valence electrons. The van der Waals surface area contributed by atoms with E-state index in [1.165, 1.54) is 5.56 Å².